The Morgan fingerprint density at radius 1 is 0.841 bits per heavy atom. The average Bonchev–Trinajstić information content (AvgIpc) is 3.04. The number of amides is 1. The zero-order valence-corrected chi connectivity index (χ0v) is 24.3. The number of aliphatic carboxylic acids is 1. The third-order valence-corrected chi connectivity index (χ3v) is 8.52. The number of halogens is 3. The summed E-state index contributed by atoms with van der Waals surface area (Å²) in [7, 11) is 0. The number of carboxylic acid groups (broad SMARTS) is 1. The van der Waals surface area contributed by atoms with Crippen molar-refractivity contribution in [3.8, 4) is 22.5 Å². The monoisotopic (exact) mass is 601 g/mol. The van der Waals surface area contributed by atoms with Gasteiger partial charge in [-0.2, -0.15) is 13.2 Å². The van der Waals surface area contributed by atoms with Gasteiger partial charge >= 0.3 is 12.1 Å². The van der Waals surface area contributed by atoms with E-state index in [1.165, 1.54) is 37.7 Å². The Kier molecular flexibility index (Phi) is 9.42. The number of carboxylic acids is 1. The minimum absolute atomic E-state index is 0.0161. The van der Waals surface area contributed by atoms with Crippen LogP contribution in [0.15, 0.2) is 85.2 Å². The van der Waals surface area contributed by atoms with E-state index in [-0.39, 0.29) is 12.0 Å². The molecule has 5 rings (SSSR count). The molecule has 0 bridgehead atoms. The minimum Gasteiger partial charge on any atom is -0.480 e. The fraction of sp³-hybridized carbons (Fsp3) is 0.314. The van der Waals surface area contributed by atoms with E-state index >= 15 is 0 Å². The molecule has 4 aromatic rings. The molecule has 1 amide bonds. The standard InChI is InChI=1S/C35H34F3N3O3/c1-2-22-3-7-24(8-4-22)25-11-13-26(14-12-25)29-20-39-32(40-21-29)27-9-5-23(6-10-27)19-31(34(43)44)41-33(42)28-15-17-30(18-16-28)35(36,37)38/h5-6,9-18,20-22,24,31H,2-4,7-8,19H2,1H3,(H,41,42)(H,43,44)/t22?,24?,31-/m0/s1. The summed E-state index contributed by atoms with van der Waals surface area (Å²) in [5.41, 5.74) is 3.80. The maximum absolute atomic E-state index is 12.8. The van der Waals surface area contributed by atoms with Gasteiger partial charge in [-0.1, -0.05) is 61.9 Å². The van der Waals surface area contributed by atoms with E-state index in [2.05, 4.69) is 46.5 Å². The predicted molar refractivity (Wildman–Crippen MR) is 162 cm³/mol. The Labute approximate surface area is 254 Å². The summed E-state index contributed by atoms with van der Waals surface area (Å²) in [5, 5.41) is 12.0. The van der Waals surface area contributed by atoms with Crippen LogP contribution in [0.2, 0.25) is 0 Å². The topological polar surface area (TPSA) is 92.2 Å². The SMILES string of the molecule is CCC1CCC(c2ccc(-c3cnc(-c4ccc(C[C@H](NC(=O)c5ccc(C(F)(F)F)cc5)C(=O)O)cc4)nc3)cc2)CC1. The van der Waals surface area contributed by atoms with Crippen molar-refractivity contribution in [3.05, 3.63) is 107 Å². The van der Waals surface area contributed by atoms with Crippen LogP contribution in [-0.2, 0) is 17.4 Å². The number of nitrogens with one attached hydrogen (secondary N) is 1. The number of nitrogens with zero attached hydrogens (tertiary/aromatic N) is 2. The summed E-state index contributed by atoms with van der Waals surface area (Å²) in [6, 6.07) is 18.1. The molecule has 2 N–H and O–H groups in total. The molecule has 1 fully saturated rings. The summed E-state index contributed by atoms with van der Waals surface area (Å²) in [6.45, 7) is 2.28. The van der Waals surface area contributed by atoms with E-state index in [9.17, 15) is 27.9 Å². The number of aromatic nitrogens is 2. The van der Waals surface area contributed by atoms with Crippen LogP contribution in [0.25, 0.3) is 22.5 Å². The molecule has 0 spiro atoms. The lowest BCUT2D eigenvalue weighted by Crippen LogP contribution is -2.42. The fourth-order valence-electron chi connectivity index (χ4n) is 5.76. The zero-order chi connectivity index (χ0) is 31.3. The van der Waals surface area contributed by atoms with Gasteiger partial charge in [0.1, 0.15) is 6.04 Å². The molecule has 1 aliphatic rings. The van der Waals surface area contributed by atoms with Gasteiger partial charge in [-0.05, 0) is 78.5 Å². The maximum atomic E-state index is 12.8. The van der Waals surface area contributed by atoms with Gasteiger partial charge in [-0.3, -0.25) is 4.79 Å². The quantitative estimate of drug-likeness (QED) is 0.203. The van der Waals surface area contributed by atoms with Gasteiger partial charge in [0, 0.05) is 35.5 Å². The second-order valence-corrected chi connectivity index (χ2v) is 11.4. The lowest BCUT2D eigenvalue weighted by Gasteiger charge is -2.28. The summed E-state index contributed by atoms with van der Waals surface area (Å²) in [6.07, 6.45) is 5.42. The van der Waals surface area contributed by atoms with E-state index in [4.69, 9.17) is 0 Å². The van der Waals surface area contributed by atoms with Crippen molar-refractivity contribution in [2.75, 3.05) is 0 Å². The maximum Gasteiger partial charge on any atom is 0.416 e. The fourth-order valence-corrected chi connectivity index (χ4v) is 5.76. The first-order chi connectivity index (χ1) is 21.1. The van der Waals surface area contributed by atoms with E-state index in [0.29, 0.717) is 17.3 Å². The molecule has 1 aliphatic carbocycles. The van der Waals surface area contributed by atoms with Crippen LogP contribution < -0.4 is 5.32 Å². The second-order valence-electron chi connectivity index (χ2n) is 11.4. The van der Waals surface area contributed by atoms with E-state index in [1.807, 2.05) is 0 Å². The van der Waals surface area contributed by atoms with Crippen LogP contribution in [0.5, 0.6) is 0 Å². The summed E-state index contributed by atoms with van der Waals surface area (Å²) < 4.78 is 38.4. The van der Waals surface area contributed by atoms with Crippen molar-refractivity contribution in [3.63, 3.8) is 0 Å². The summed E-state index contributed by atoms with van der Waals surface area (Å²) in [4.78, 5) is 33.4. The summed E-state index contributed by atoms with van der Waals surface area (Å²) in [5.74, 6) is -0.00450. The van der Waals surface area contributed by atoms with E-state index in [1.54, 1.807) is 36.7 Å². The molecule has 0 saturated heterocycles. The highest BCUT2D eigenvalue weighted by atomic mass is 19.4. The molecule has 44 heavy (non-hydrogen) atoms. The number of benzene rings is 3. The Balaban J connectivity index is 1.19. The van der Waals surface area contributed by atoms with Crippen molar-refractivity contribution in [1.82, 2.24) is 15.3 Å². The lowest BCUT2D eigenvalue weighted by molar-refractivity contribution is -0.139. The lowest BCUT2D eigenvalue weighted by atomic mass is 9.78. The number of carbonyl (C=O) groups excluding carboxylic acids is 1. The van der Waals surface area contributed by atoms with Crippen LogP contribution in [-0.4, -0.2) is 33.0 Å². The van der Waals surface area contributed by atoms with Crippen molar-refractivity contribution < 1.29 is 27.9 Å². The van der Waals surface area contributed by atoms with Gasteiger partial charge in [0.2, 0.25) is 0 Å². The number of rotatable bonds is 9. The molecule has 1 heterocycles. The molecule has 0 unspecified atom stereocenters. The molecule has 0 radical (unpaired) electrons. The molecular weight excluding hydrogens is 567 g/mol. The molecule has 1 saturated carbocycles. The number of hydrogen-bond donors (Lipinski definition) is 2. The molecule has 1 atom stereocenters. The Hall–Kier alpha value is -4.53. The van der Waals surface area contributed by atoms with Crippen molar-refractivity contribution in [1.29, 1.82) is 0 Å². The van der Waals surface area contributed by atoms with Crippen LogP contribution >= 0.6 is 0 Å². The highest BCUT2D eigenvalue weighted by Crippen LogP contribution is 2.37. The van der Waals surface area contributed by atoms with Crippen LogP contribution in [0.1, 0.15) is 72.0 Å². The Bertz CT molecular complexity index is 1560. The zero-order valence-electron chi connectivity index (χ0n) is 24.3. The molecular formula is C35H34F3N3O3. The first-order valence-electron chi connectivity index (χ1n) is 14.8. The van der Waals surface area contributed by atoms with Crippen molar-refractivity contribution in [2.45, 2.75) is 63.6 Å². The summed E-state index contributed by atoms with van der Waals surface area (Å²) >= 11 is 0. The van der Waals surface area contributed by atoms with Gasteiger partial charge in [-0.15, -0.1) is 0 Å². The van der Waals surface area contributed by atoms with Crippen LogP contribution in [0.4, 0.5) is 13.2 Å². The molecule has 0 aliphatic heterocycles. The molecule has 6 nitrogen and oxygen atoms in total. The van der Waals surface area contributed by atoms with Gasteiger partial charge in [0.25, 0.3) is 5.91 Å². The first kappa shape index (κ1) is 30.9. The minimum atomic E-state index is -4.53. The van der Waals surface area contributed by atoms with E-state index in [0.717, 1.165) is 46.9 Å². The third kappa shape index (κ3) is 7.51. The van der Waals surface area contributed by atoms with Crippen LogP contribution in [0.3, 0.4) is 0 Å². The normalized spacial score (nSPS) is 17.5. The highest BCUT2D eigenvalue weighted by molar-refractivity contribution is 5.96. The van der Waals surface area contributed by atoms with Gasteiger partial charge < -0.3 is 10.4 Å². The molecule has 1 aromatic heterocycles. The Morgan fingerprint density at radius 2 is 1.43 bits per heavy atom. The molecule has 9 heteroatoms. The second kappa shape index (κ2) is 13.4. The van der Waals surface area contributed by atoms with E-state index < -0.39 is 29.7 Å². The average molecular weight is 602 g/mol. The number of hydrogen-bond acceptors (Lipinski definition) is 4. The smallest absolute Gasteiger partial charge is 0.416 e. The molecule has 228 valence electrons. The first-order valence-corrected chi connectivity index (χ1v) is 14.8. The van der Waals surface area contributed by atoms with Gasteiger partial charge in [0.15, 0.2) is 5.82 Å². The third-order valence-electron chi connectivity index (χ3n) is 8.52. The Morgan fingerprint density at radius 3 is 1.98 bits per heavy atom. The van der Waals surface area contributed by atoms with Crippen molar-refractivity contribution in [2.24, 2.45) is 5.92 Å². The van der Waals surface area contributed by atoms with Gasteiger partial charge in [0.05, 0.1) is 5.56 Å². The predicted octanol–water partition coefficient (Wildman–Crippen LogP) is 7.94. The molecule has 3 aromatic carbocycles. The number of alkyl halides is 3. The largest absolute Gasteiger partial charge is 0.480 e. The van der Waals surface area contributed by atoms with Crippen LogP contribution in [0, 0.1) is 5.92 Å². The number of carbonyl (C=O) groups is 2. The highest BCUT2D eigenvalue weighted by Gasteiger charge is 2.30. The van der Waals surface area contributed by atoms with Gasteiger partial charge in [-0.25, -0.2) is 14.8 Å². The van der Waals surface area contributed by atoms with Crippen molar-refractivity contribution >= 4 is 11.9 Å².